The van der Waals surface area contributed by atoms with Crippen molar-refractivity contribution in [2.75, 3.05) is 0 Å². The first-order valence-corrected chi connectivity index (χ1v) is 13.6. The highest BCUT2D eigenvalue weighted by atomic mass is 16.7. The Hall–Kier alpha value is -1.10. The monoisotopic (exact) mass is 510 g/mol. The van der Waals surface area contributed by atoms with Gasteiger partial charge < -0.3 is 35.0 Å². The molecule has 5 rings (SSSR count). The molecule has 5 fully saturated rings. The highest BCUT2D eigenvalue weighted by molar-refractivity contribution is 5.86. The van der Waals surface area contributed by atoms with Crippen LogP contribution in [0.4, 0.5) is 0 Å². The van der Waals surface area contributed by atoms with Gasteiger partial charge in [0.25, 0.3) is 0 Å². The molecule has 0 aromatic rings. The first-order valence-electron chi connectivity index (χ1n) is 13.6. The average molecular weight is 511 g/mol. The molecule has 0 aromatic carbocycles. The van der Waals surface area contributed by atoms with Gasteiger partial charge in [-0.25, -0.2) is 4.79 Å². The van der Waals surface area contributed by atoms with Crippen LogP contribution in [0.25, 0.3) is 0 Å². The van der Waals surface area contributed by atoms with E-state index < -0.39 is 42.3 Å². The standard InChI is InChI=1S/C27H42O9/c1-13(28)27(34)11-8-18-16-5-4-14-12-15(6-9-25(14,2)17(16)7-10-26(18,27)3)35-24-21(31)19(29)20(30)22(36-24)23(32)33/h14-22,24,29-31,34H,4-12H2,1-3H3,(H,32,33)/t14?,15?,16-,17+,18+,19+,20+,21-,22+,24?,25+,26+,27+/m1/s1. The van der Waals surface area contributed by atoms with Gasteiger partial charge >= 0.3 is 5.97 Å². The van der Waals surface area contributed by atoms with Gasteiger partial charge in [-0.05, 0) is 93.8 Å². The van der Waals surface area contributed by atoms with E-state index in [9.17, 15) is 35.1 Å². The Kier molecular flexibility index (Phi) is 6.62. The molecule has 0 amide bonds. The van der Waals surface area contributed by atoms with Crippen LogP contribution >= 0.6 is 0 Å². The minimum atomic E-state index is -1.73. The third kappa shape index (κ3) is 3.72. The molecule has 4 aliphatic carbocycles. The van der Waals surface area contributed by atoms with Gasteiger partial charge in [0.2, 0.25) is 0 Å². The number of carbonyl (C=O) groups excluding carboxylic acids is 1. The number of carbonyl (C=O) groups is 2. The summed E-state index contributed by atoms with van der Waals surface area (Å²) in [7, 11) is 0. The van der Waals surface area contributed by atoms with Crippen LogP contribution in [-0.2, 0) is 19.1 Å². The van der Waals surface area contributed by atoms with Crippen molar-refractivity contribution in [3.05, 3.63) is 0 Å². The molecule has 5 N–H and O–H groups in total. The fourth-order valence-corrected chi connectivity index (χ4v) is 9.29. The molecule has 1 saturated heterocycles. The summed E-state index contributed by atoms with van der Waals surface area (Å²) in [5.41, 5.74) is -1.45. The van der Waals surface area contributed by atoms with E-state index in [0.29, 0.717) is 30.1 Å². The number of carboxylic acid groups (broad SMARTS) is 1. The van der Waals surface area contributed by atoms with Gasteiger partial charge in [0.1, 0.15) is 23.9 Å². The Bertz CT molecular complexity index is 894. The molecular formula is C27H42O9. The minimum absolute atomic E-state index is 0.0987. The number of hydrogen-bond acceptors (Lipinski definition) is 8. The van der Waals surface area contributed by atoms with Gasteiger partial charge in [0.15, 0.2) is 18.2 Å². The van der Waals surface area contributed by atoms with E-state index >= 15 is 0 Å². The van der Waals surface area contributed by atoms with Crippen LogP contribution in [0.5, 0.6) is 0 Å². The second-order valence-electron chi connectivity index (χ2n) is 12.8. The van der Waals surface area contributed by atoms with E-state index in [-0.39, 0.29) is 22.7 Å². The molecule has 9 nitrogen and oxygen atoms in total. The second-order valence-corrected chi connectivity index (χ2v) is 12.8. The van der Waals surface area contributed by atoms with Crippen molar-refractivity contribution in [3.63, 3.8) is 0 Å². The molecule has 0 aromatic heterocycles. The molecule has 0 spiro atoms. The predicted octanol–water partition coefficient (Wildman–Crippen LogP) is 1.63. The number of rotatable bonds is 4. The highest BCUT2D eigenvalue weighted by Crippen LogP contribution is 2.68. The lowest BCUT2D eigenvalue weighted by molar-refractivity contribution is -0.309. The van der Waals surface area contributed by atoms with E-state index in [0.717, 1.165) is 51.4 Å². The fourth-order valence-electron chi connectivity index (χ4n) is 9.29. The summed E-state index contributed by atoms with van der Waals surface area (Å²) in [5, 5.41) is 51.1. The number of hydrogen-bond donors (Lipinski definition) is 5. The van der Waals surface area contributed by atoms with Crippen LogP contribution in [0.15, 0.2) is 0 Å². The van der Waals surface area contributed by atoms with Crippen molar-refractivity contribution in [2.24, 2.45) is 34.5 Å². The Labute approximate surface area is 212 Å². The molecule has 9 heteroatoms. The second kappa shape index (κ2) is 8.99. The number of ether oxygens (including phenoxy) is 2. The number of aliphatic hydroxyl groups is 4. The van der Waals surface area contributed by atoms with Crippen LogP contribution in [0, 0.1) is 34.5 Å². The van der Waals surface area contributed by atoms with E-state index in [1.54, 1.807) is 0 Å². The summed E-state index contributed by atoms with van der Waals surface area (Å²) < 4.78 is 11.4. The van der Waals surface area contributed by atoms with Crippen molar-refractivity contribution < 1.29 is 44.6 Å². The third-order valence-electron chi connectivity index (χ3n) is 11.5. The molecule has 1 heterocycles. The molecule has 36 heavy (non-hydrogen) atoms. The lowest BCUT2D eigenvalue weighted by Crippen LogP contribution is -2.61. The Morgan fingerprint density at radius 1 is 0.889 bits per heavy atom. The van der Waals surface area contributed by atoms with Crippen LogP contribution in [0.3, 0.4) is 0 Å². The quantitative estimate of drug-likeness (QED) is 0.355. The number of aliphatic carboxylic acids is 1. The first kappa shape index (κ1) is 26.5. The molecule has 13 atom stereocenters. The molecule has 0 bridgehead atoms. The lowest BCUT2D eigenvalue weighted by atomic mass is 9.44. The van der Waals surface area contributed by atoms with Gasteiger partial charge in [0.05, 0.1) is 6.10 Å². The summed E-state index contributed by atoms with van der Waals surface area (Å²) >= 11 is 0. The van der Waals surface area contributed by atoms with E-state index in [2.05, 4.69) is 13.8 Å². The van der Waals surface area contributed by atoms with Gasteiger partial charge in [-0.15, -0.1) is 0 Å². The fraction of sp³-hybridized carbons (Fsp3) is 0.926. The van der Waals surface area contributed by atoms with E-state index in [1.807, 2.05) is 0 Å². The lowest BCUT2D eigenvalue weighted by Gasteiger charge is -2.61. The third-order valence-corrected chi connectivity index (χ3v) is 11.5. The molecule has 0 radical (unpaired) electrons. The maximum Gasteiger partial charge on any atom is 0.335 e. The number of carboxylic acids is 1. The zero-order chi connectivity index (χ0) is 26.2. The summed E-state index contributed by atoms with van der Waals surface area (Å²) in [4.78, 5) is 23.9. The molecule has 1 aliphatic heterocycles. The zero-order valence-electron chi connectivity index (χ0n) is 21.5. The zero-order valence-corrected chi connectivity index (χ0v) is 21.5. The maximum atomic E-state index is 12.4. The maximum absolute atomic E-state index is 12.4. The van der Waals surface area contributed by atoms with Crippen molar-refractivity contribution >= 4 is 11.8 Å². The molecule has 5 aliphatic rings. The normalized spacial score (nSPS) is 54.8. The summed E-state index contributed by atoms with van der Waals surface area (Å²) in [5.74, 6) is 0.259. The largest absolute Gasteiger partial charge is 0.479 e. The molecular weight excluding hydrogens is 468 g/mol. The summed E-state index contributed by atoms with van der Waals surface area (Å²) in [6, 6.07) is 0. The van der Waals surface area contributed by atoms with Crippen molar-refractivity contribution in [3.8, 4) is 0 Å². The van der Waals surface area contributed by atoms with Crippen molar-refractivity contribution in [1.82, 2.24) is 0 Å². The SMILES string of the molecule is CC(=O)[C@@]1(O)CC[C@H]2[C@@H]3CCC4CC(OC5O[C@H](C(=O)O)[C@@H](O)[C@H](O)[C@H]5O)CC[C@]4(C)[C@H]3CC[C@@]21C. The Morgan fingerprint density at radius 2 is 1.58 bits per heavy atom. The predicted molar refractivity (Wildman–Crippen MR) is 127 cm³/mol. The molecule has 204 valence electrons. The van der Waals surface area contributed by atoms with Crippen LogP contribution in [-0.4, -0.2) is 79.7 Å². The van der Waals surface area contributed by atoms with Crippen LogP contribution in [0.1, 0.15) is 78.6 Å². The highest BCUT2D eigenvalue weighted by Gasteiger charge is 2.66. The van der Waals surface area contributed by atoms with Crippen LogP contribution in [0.2, 0.25) is 0 Å². The van der Waals surface area contributed by atoms with E-state index in [4.69, 9.17) is 9.47 Å². The number of aliphatic hydroxyl groups excluding tert-OH is 3. The van der Waals surface area contributed by atoms with Gasteiger partial charge in [0, 0.05) is 5.41 Å². The Morgan fingerprint density at radius 3 is 2.25 bits per heavy atom. The number of fused-ring (bicyclic) bond motifs is 5. The van der Waals surface area contributed by atoms with E-state index in [1.165, 1.54) is 6.92 Å². The van der Waals surface area contributed by atoms with Crippen molar-refractivity contribution in [2.45, 2.75) is 121 Å². The van der Waals surface area contributed by atoms with Crippen molar-refractivity contribution in [1.29, 1.82) is 0 Å². The first-order chi connectivity index (χ1) is 16.8. The topological polar surface area (TPSA) is 154 Å². The summed E-state index contributed by atoms with van der Waals surface area (Å²) in [6.07, 6.45) is -0.296. The average Bonchev–Trinajstić information content (AvgIpc) is 3.11. The number of Topliss-reactive ketones (excluding diaryl/α,β-unsaturated/α-hetero) is 1. The number of ketones is 1. The molecule has 4 saturated carbocycles. The van der Waals surface area contributed by atoms with Gasteiger partial charge in [-0.1, -0.05) is 13.8 Å². The van der Waals surface area contributed by atoms with Gasteiger partial charge in [-0.3, -0.25) is 4.79 Å². The van der Waals surface area contributed by atoms with Crippen LogP contribution < -0.4 is 0 Å². The summed E-state index contributed by atoms with van der Waals surface area (Å²) in [6.45, 7) is 6.04. The Balaban J connectivity index is 1.28. The molecule has 3 unspecified atom stereocenters. The smallest absolute Gasteiger partial charge is 0.335 e. The minimum Gasteiger partial charge on any atom is -0.479 e. The van der Waals surface area contributed by atoms with Gasteiger partial charge in [-0.2, -0.15) is 0 Å².